The lowest BCUT2D eigenvalue weighted by Gasteiger charge is -2.29. The van der Waals surface area contributed by atoms with E-state index in [9.17, 15) is 13.2 Å². The summed E-state index contributed by atoms with van der Waals surface area (Å²) in [5, 5.41) is 0.516. The predicted octanol–water partition coefficient (Wildman–Crippen LogP) is 4.44. The summed E-state index contributed by atoms with van der Waals surface area (Å²) < 4.78 is 43.3. The zero-order chi connectivity index (χ0) is 15.0. The third-order valence-electron chi connectivity index (χ3n) is 3.51. The van der Waals surface area contributed by atoms with Crippen LogP contribution in [-0.2, 0) is 0 Å². The molecule has 0 fully saturated rings. The number of hydrogen-bond acceptors (Lipinski definition) is 2. The summed E-state index contributed by atoms with van der Waals surface area (Å²) in [5.74, 6) is 0.216. The maximum absolute atomic E-state index is 12.7. The van der Waals surface area contributed by atoms with Crippen molar-refractivity contribution in [3.63, 3.8) is 0 Å². The smallest absolute Gasteiger partial charge is 0.429 e. The van der Waals surface area contributed by atoms with Gasteiger partial charge >= 0.3 is 6.18 Å². The lowest BCUT2D eigenvalue weighted by molar-refractivity contribution is -0.180. The third kappa shape index (κ3) is 2.88. The number of rotatable bonds is 1. The Kier molecular flexibility index (Phi) is 3.61. The van der Waals surface area contributed by atoms with E-state index in [0.717, 1.165) is 19.0 Å². The highest BCUT2D eigenvalue weighted by Gasteiger charge is 2.41. The zero-order valence-electron chi connectivity index (χ0n) is 11.0. The Morgan fingerprint density at radius 2 is 2.05 bits per heavy atom. The van der Waals surface area contributed by atoms with Crippen LogP contribution in [0.1, 0.15) is 12.0 Å². The second kappa shape index (κ2) is 5.30. The van der Waals surface area contributed by atoms with Crippen molar-refractivity contribution in [1.29, 1.82) is 0 Å². The van der Waals surface area contributed by atoms with E-state index < -0.39 is 12.3 Å². The fourth-order valence-electron chi connectivity index (χ4n) is 2.44. The number of benzene rings is 1. The van der Waals surface area contributed by atoms with Gasteiger partial charge in [0.1, 0.15) is 5.75 Å². The van der Waals surface area contributed by atoms with Gasteiger partial charge in [-0.25, -0.2) is 0 Å². The van der Waals surface area contributed by atoms with Crippen molar-refractivity contribution in [2.45, 2.75) is 18.7 Å². The molecule has 0 saturated heterocycles. The van der Waals surface area contributed by atoms with E-state index in [0.29, 0.717) is 22.8 Å². The molecule has 2 aliphatic rings. The van der Waals surface area contributed by atoms with Gasteiger partial charge in [-0.2, -0.15) is 13.2 Å². The van der Waals surface area contributed by atoms with E-state index in [4.69, 9.17) is 16.3 Å². The summed E-state index contributed by atoms with van der Waals surface area (Å²) in [6.45, 7) is 1.48. The molecule has 0 spiro atoms. The first-order valence-corrected chi connectivity index (χ1v) is 6.98. The predicted molar refractivity (Wildman–Crippen MR) is 76.9 cm³/mol. The fourth-order valence-corrected chi connectivity index (χ4v) is 2.73. The molecule has 0 aromatic heterocycles. The van der Waals surface area contributed by atoms with Crippen LogP contribution in [0.4, 0.5) is 18.9 Å². The monoisotopic (exact) mass is 315 g/mol. The van der Waals surface area contributed by atoms with Gasteiger partial charge in [0.2, 0.25) is 6.10 Å². The lowest BCUT2D eigenvalue weighted by Crippen LogP contribution is -2.34. The summed E-state index contributed by atoms with van der Waals surface area (Å²) in [6.07, 6.45) is 1.06. The first-order chi connectivity index (χ1) is 9.95. The molecule has 2 aliphatic heterocycles. The van der Waals surface area contributed by atoms with E-state index >= 15 is 0 Å². The number of nitrogens with zero attached hydrogens (tertiary/aromatic N) is 1. The highest BCUT2D eigenvalue weighted by molar-refractivity contribution is 6.33. The van der Waals surface area contributed by atoms with Gasteiger partial charge in [0.25, 0.3) is 0 Å². The van der Waals surface area contributed by atoms with Crippen LogP contribution < -0.4 is 9.64 Å². The minimum atomic E-state index is -4.41. The highest BCUT2D eigenvalue weighted by Crippen LogP contribution is 2.39. The molecule has 1 unspecified atom stereocenters. The topological polar surface area (TPSA) is 12.5 Å². The quantitative estimate of drug-likeness (QED) is 0.710. The average molecular weight is 316 g/mol. The van der Waals surface area contributed by atoms with E-state index in [-0.39, 0.29) is 5.75 Å². The van der Waals surface area contributed by atoms with Gasteiger partial charge in [-0.1, -0.05) is 29.8 Å². The zero-order valence-corrected chi connectivity index (χ0v) is 11.8. The molecular formula is C15H13ClF3NO. The molecule has 0 amide bonds. The SMILES string of the molecule is FC(F)(F)C1C=Cc2cc(Cl)c(N3CC=CCC3)cc2O1. The van der Waals surface area contributed by atoms with Crippen molar-refractivity contribution >= 4 is 23.4 Å². The fraction of sp³-hybridized carbons (Fsp3) is 0.333. The molecule has 2 nitrogen and oxygen atoms in total. The molecule has 0 bridgehead atoms. The van der Waals surface area contributed by atoms with Crippen LogP contribution in [0.2, 0.25) is 5.02 Å². The molecule has 0 N–H and O–H groups in total. The van der Waals surface area contributed by atoms with Crippen molar-refractivity contribution in [3.05, 3.63) is 40.9 Å². The molecule has 3 rings (SSSR count). The number of fused-ring (bicyclic) bond motifs is 1. The minimum absolute atomic E-state index is 0.216. The van der Waals surface area contributed by atoms with Crippen molar-refractivity contribution in [2.75, 3.05) is 18.0 Å². The van der Waals surface area contributed by atoms with Crippen LogP contribution in [0, 0.1) is 0 Å². The number of alkyl halides is 3. The molecule has 0 aliphatic carbocycles. The standard InChI is InChI=1S/C15H13ClF3NO/c16-11-8-10-4-5-14(15(17,18)19)21-13(10)9-12(11)20-6-2-1-3-7-20/h1-2,4-5,8-9,14H,3,6-7H2. The van der Waals surface area contributed by atoms with Gasteiger partial charge in [-0.15, -0.1) is 0 Å². The van der Waals surface area contributed by atoms with Crippen LogP contribution in [-0.4, -0.2) is 25.4 Å². The van der Waals surface area contributed by atoms with Gasteiger partial charge in [-0.05, 0) is 18.6 Å². The molecule has 112 valence electrons. The summed E-state index contributed by atoms with van der Waals surface area (Å²) in [6, 6.07) is 3.24. The lowest BCUT2D eigenvalue weighted by atomic mass is 10.1. The second-order valence-electron chi connectivity index (χ2n) is 4.99. The average Bonchev–Trinajstić information content (AvgIpc) is 2.46. The van der Waals surface area contributed by atoms with Gasteiger partial charge < -0.3 is 9.64 Å². The Morgan fingerprint density at radius 3 is 2.71 bits per heavy atom. The Morgan fingerprint density at radius 1 is 1.24 bits per heavy atom. The molecule has 21 heavy (non-hydrogen) atoms. The molecule has 0 radical (unpaired) electrons. The van der Waals surface area contributed by atoms with Gasteiger partial charge in [0.05, 0.1) is 10.7 Å². The Balaban J connectivity index is 1.93. The van der Waals surface area contributed by atoms with E-state index in [2.05, 4.69) is 6.08 Å². The van der Waals surface area contributed by atoms with E-state index in [1.165, 1.54) is 6.08 Å². The number of halogens is 4. The maximum atomic E-state index is 12.7. The Labute approximate surface area is 125 Å². The molecular weight excluding hydrogens is 303 g/mol. The Bertz CT molecular complexity index is 610. The maximum Gasteiger partial charge on any atom is 0.429 e. The number of hydrogen-bond donors (Lipinski definition) is 0. The van der Waals surface area contributed by atoms with E-state index in [1.807, 2.05) is 11.0 Å². The molecule has 2 heterocycles. The first-order valence-electron chi connectivity index (χ1n) is 6.60. The largest absolute Gasteiger partial charge is 0.476 e. The third-order valence-corrected chi connectivity index (χ3v) is 3.81. The van der Waals surface area contributed by atoms with Crippen molar-refractivity contribution < 1.29 is 17.9 Å². The van der Waals surface area contributed by atoms with Crippen LogP contribution in [0.15, 0.2) is 30.4 Å². The summed E-state index contributed by atoms with van der Waals surface area (Å²) >= 11 is 6.24. The van der Waals surface area contributed by atoms with Crippen LogP contribution in [0.3, 0.4) is 0 Å². The van der Waals surface area contributed by atoms with Crippen molar-refractivity contribution in [3.8, 4) is 5.75 Å². The van der Waals surface area contributed by atoms with Crippen LogP contribution >= 0.6 is 11.6 Å². The normalized spacial score (nSPS) is 21.1. The molecule has 1 aromatic carbocycles. The van der Waals surface area contributed by atoms with Crippen LogP contribution in [0.25, 0.3) is 6.08 Å². The molecule has 0 saturated carbocycles. The summed E-state index contributed by atoms with van der Waals surface area (Å²) in [7, 11) is 0. The second-order valence-corrected chi connectivity index (χ2v) is 5.39. The molecule has 1 aromatic rings. The Hall–Kier alpha value is -1.62. The van der Waals surface area contributed by atoms with Gasteiger partial charge in [-0.3, -0.25) is 0 Å². The molecule has 6 heteroatoms. The summed E-state index contributed by atoms with van der Waals surface area (Å²) in [5.41, 5.74) is 1.27. The first kappa shape index (κ1) is 14.3. The number of anilines is 1. The molecule has 1 atom stereocenters. The van der Waals surface area contributed by atoms with Crippen molar-refractivity contribution in [2.24, 2.45) is 0 Å². The van der Waals surface area contributed by atoms with Gasteiger partial charge in [0.15, 0.2) is 0 Å². The number of ether oxygens (including phenoxy) is 1. The minimum Gasteiger partial charge on any atom is -0.476 e. The van der Waals surface area contributed by atoms with Gasteiger partial charge in [0, 0.05) is 24.7 Å². The van der Waals surface area contributed by atoms with Crippen molar-refractivity contribution in [1.82, 2.24) is 0 Å². The summed E-state index contributed by atoms with van der Waals surface area (Å²) in [4.78, 5) is 2.02. The van der Waals surface area contributed by atoms with Crippen LogP contribution in [0.5, 0.6) is 5.75 Å². The van der Waals surface area contributed by atoms with E-state index in [1.54, 1.807) is 12.1 Å². The highest BCUT2D eigenvalue weighted by atomic mass is 35.5.